The first kappa shape index (κ1) is 24.9. The summed E-state index contributed by atoms with van der Waals surface area (Å²) in [6.07, 6.45) is -2.23. The minimum atomic E-state index is -4.56. The maximum atomic E-state index is 13.7. The molecule has 35 heavy (non-hydrogen) atoms. The minimum Gasteiger partial charge on any atom is -0.482 e. The Bertz CT molecular complexity index is 1170. The number of aromatic nitrogens is 3. The van der Waals surface area contributed by atoms with Crippen LogP contribution in [0.3, 0.4) is 0 Å². The van der Waals surface area contributed by atoms with E-state index in [0.29, 0.717) is 36.0 Å². The summed E-state index contributed by atoms with van der Waals surface area (Å²) in [7, 11) is 0. The van der Waals surface area contributed by atoms with Crippen LogP contribution in [0.2, 0.25) is 0 Å². The fourth-order valence-corrected chi connectivity index (χ4v) is 4.31. The van der Waals surface area contributed by atoms with Gasteiger partial charge in [0.25, 0.3) is 5.19 Å². The number of alkyl halides is 3. The summed E-state index contributed by atoms with van der Waals surface area (Å²) >= 11 is 1.18. The number of hydrogen-bond acceptors (Lipinski definition) is 6. The average Bonchev–Trinajstić information content (AvgIpc) is 3.40. The zero-order chi connectivity index (χ0) is 25.2. The van der Waals surface area contributed by atoms with Crippen molar-refractivity contribution in [3.8, 4) is 10.9 Å². The van der Waals surface area contributed by atoms with Crippen LogP contribution in [0.1, 0.15) is 29.1 Å². The zero-order valence-corrected chi connectivity index (χ0v) is 19.3. The van der Waals surface area contributed by atoms with Gasteiger partial charge in [0.2, 0.25) is 5.91 Å². The SMILES string of the molecule is Cc1cc(C(F)(F)F)nn1CC(=O)N1CCC(Oc2ncc(COc3c(F)cccc3F)s2)CC1. The van der Waals surface area contributed by atoms with Crippen LogP contribution in [0.15, 0.2) is 30.5 Å². The Labute approximate surface area is 201 Å². The van der Waals surface area contributed by atoms with Crippen molar-refractivity contribution in [2.45, 2.75) is 45.2 Å². The van der Waals surface area contributed by atoms with Gasteiger partial charge in [-0.2, -0.15) is 18.3 Å². The fraction of sp³-hybridized carbons (Fsp3) is 0.409. The molecule has 0 radical (unpaired) electrons. The van der Waals surface area contributed by atoms with Crippen LogP contribution in [0.5, 0.6) is 10.9 Å². The molecule has 4 rings (SSSR count). The molecule has 0 saturated carbocycles. The van der Waals surface area contributed by atoms with Crippen molar-refractivity contribution in [1.82, 2.24) is 19.7 Å². The van der Waals surface area contributed by atoms with Gasteiger partial charge in [-0.05, 0) is 25.1 Å². The molecule has 1 saturated heterocycles. The standard InChI is InChI=1S/C22H21F5N4O3S/c1-13-9-18(22(25,26)27)29-31(13)11-19(32)30-7-5-14(6-8-30)34-21-28-10-15(35-21)12-33-20-16(23)3-2-4-17(20)24/h2-4,9-10,14H,5-8,11-12H2,1H3. The molecule has 3 aromatic rings. The molecule has 0 atom stereocenters. The maximum absolute atomic E-state index is 13.7. The van der Waals surface area contributed by atoms with Crippen molar-refractivity contribution in [3.63, 3.8) is 0 Å². The second-order valence-electron chi connectivity index (χ2n) is 7.96. The normalized spacial score (nSPS) is 14.9. The van der Waals surface area contributed by atoms with E-state index in [4.69, 9.17) is 9.47 Å². The van der Waals surface area contributed by atoms with Crippen molar-refractivity contribution >= 4 is 17.2 Å². The summed E-state index contributed by atoms with van der Waals surface area (Å²) in [5.41, 5.74) is -0.771. The Balaban J connectivity index is 1.25. The van der Waals surface area contributed by atoms with Gasteiger partial charge in [-0.25, -0.2) is 13.8 Å². The quantitative estimate of drug-likeness (QED) is 0.430. The highest BCUT2D eigenvalue weighted by Crippen LogP contribution is 2.29. The Morgan fingerprint density at radius 3 is 2.51 bits per heavy atom. The Hall–Kier alpha value is -3.22. The van der Waals surface area contributed by atoms with Gasteiger partial charge in [-0.15, -0.1) is 0 Å². The number of nitrogens with zero attached hydrogens (tertiary/aromatic N) is 4. The Kier molecular flexibility index (Phi) is 7.24. The van der Waals surface area contributed by atoms with Crippen LogP contribution < -0.4 is 9.47 Å². The molecule has 7 nitrogen and oxygen atoms in total. The van der Waals surface area contributed by atoms with Crippen LogP contribution >= 0.6 is 11.3 Å². The van der Waals surface area contributed by atoms with Crippen LogP contribution in [0.4, 0.5) is 22.0 Å². The number of hydrogen-bond donors (Lipinski definition) is 0. The van der Waals surface area contributed by atoms with E-state index in [1.165, 1.54) is 30.5 Å². The Morgan fingerprint density at radius 1 is 1.20 bits per heavy atom. The third-order valence-electron chi connectivity index (χ3n) is 5.43. The molecule has 2 aromatic heterocycles. The van der Waals surface area contributed by atoms with Crippen molar-refractivity contribution in [2.24, 2.45) is 0 Å². The number of likely N-dealkylation sites (tertiary alicyclic amines) is 1. The van der Waals surface area contributed by atoms with Crippen molar-refractivity contribution in [3.05, 3.63) is 58.4 Å². The largest absolute Gasteiger partial charge is 0.482 e. The summed E-state index contributed by atoms with van der Waals surface area (Å²) in [6.45, 7) is 1.88. The molecule has 1 amide bonds. The summed E-state index contributed by atoms with van der Waals surface area (Å²) in [5, 5.41) is 3.86. The number of ether oxygens (including phenoxy) is 2. The molecule has 1 fully saturated rings. The Morgan fingerprint density at radius 2 is 1.89 bits per heavy atom. The van der Waals surface area contributed by atoms with Gasteiger partial charge < -0.3 is 14.4 Å². The second kappa shape index (κ2) is 10.2. The number of benzene rings is 1. The van der Waals surface area contributed by atoms with Gasteiger partial charge in [0.1, 0.15) is 19.3 Å². The monoisotopic (exact) mass is 516 g/mol. The number of amides is 1. The molecule has 13 heteroatoms. The number of aryl methyl sites for hydroxylation is 1. The topological polar surface area (TPSA) is 69.5 Å². The first-order chi connectivity index (χ1) is 16.6. The second-order valence-corrected chi connectivity index (χ2v) is 9.03. The summed E-state index contributed by atoms with van der Waals surface area (Å²) in [6, 6.07) is 4.37. The van der Waals surface area contributed by atoms with Crippen LogP contribution in [-0.4, -0.2) is 44.8 Å². The van der Waals surface area contributed by atoms with E-state index in [1.807, 2.05) is 0 Å². The number of thiazole rings is 1. The van der Waals surface area contributed by atoms with Crippen LogP contribution in [-0.2, 0) is 24.1 Å². The van der Waals surface area contributed by atoms with Gasteiger partial charge in [0, 0.05) is 37.8 Å². The third-order valence-corrected chi connectivity index (χ3v) is 6.29. The van der Waals surface area contributed by atoms with Crippen molar-refractivity contribution < 1.29 is 36.2 Å². The first-order valence-electron chi connectivity index (χ1n) is 10.7. The van der Waals surface area contributed by atoms with E-state index < -0.39 is 29.3 Å². The highest BCUT2D eigenvalue weighted by molar-refractivity contribution is 7.13. The van der Waals surface area contributed by atoms with Crippen molar-refractivity contribution in [1.29, 1.82) is 0 Å². The van der Waals surface area contributed by atoms with Gasteiger partial charge in [-0.3, -0.25) is 9.48 Å². The number of para-hydroxylation sites is 1. The number of halogens is 5. The van der Waals surface area contributed by atoms with Crippen LogP contribution in [0, 0.1) is 18.6 Å². The van der Waals surface area contributed by atoms with Gasteiger partial charge in [0.05, 0.1) is 4.88 Å². The predicted molar refractivity (Wildman–Crippen MR) is 115 cm³/mol. The first-order valence-corrected chi connectivity index (χ1v) is 11.5. The molecule has 0 N–H and O–H groups in total. The van der Waals surface area contributed by atoms with E-state index in [1.54, 1.807) is 4.90 Å². The molecular weight excluding hydrogens is 495 g/mol. The van der Waals surface area contributed by atoms with Gasteiger partial charge in [-0.1, -0.05) is 17.4 Å². The summed E-state index contributed by atoms with van der Waals surface area (Å²) < 4.78 is 77.9. The fourth-order valence-electron chi connectivity index (χ4n) is 3.58. The highest BCUT2D eigenvalue weighted by Gasteiger charge is 2.35. The smallest absolute Gasteiger partial charge is 0.435 e. The lowest BCUT2D eigenvalue weighted by atomic mass is 10.1. The van der Waals surface area contributed by atoms with Gasteiger partial charge in [0.15, 0.2) is 23.1 Å². The average molecular weight is 516 g/mol. The molecule has 1 aliphatic rings. The minimum absolute atomic E-state index is 0.0747. The summed E-state index contributed by atoms with van der Waals surface area (Å²) in [5.74, 6) is -2.37. The highest BCUT2D eigenvalue weighted by atomic mass is 32.1. The van der Waals surface area contributed by atoms with E-state index in [2.05, 4.69) is 10.1 Å². The molecule has 1 aliphatic heterocycles. The lowest BCUT2D eigenvalue weighted by Gasteiger charge is -2.31. The lowest BCUT2D eigenvalue weighted by molar-refractivity contribution is -0.142. The van der Waals surface area contributed by atoms with Crippen molar-refractivity contribution in [2.75, 3.05) is 13.1 Å². The predicted octanol–water partition coefficient (Wildman–Crippen LogP) is 4.59. The zero-order valence-electron chi connectivity index (χ0n) is 18.5. The number of rotatable bonds is 7. The molecule has 3 heterocycles. The molecule has 0 aliphatic carbocycles. The molecule has 0 unspecified atom stereocenters. The molecular formula is C22H21F5N4O3S. The number of carbonyl (C=O) groups is 1. The molecule has 1 aromatic carbocycles. The molecule has 0 spiro atoms. The lowest BCUT2D eigenvalue weighted by Crippen LogP contribution is -2.43. The van der Waals surface area contributed by atoms with E-state index in [-0.39, 0.29) is 30.9 Å². The van der Waals surface area contributed by atoms with Crippen LogP contribution in [0.25, 0.3) is 0 Å². The molecule has 0 bridgehead atoms. The van der Waals surface area contributed by atoms with Gasteiger partial charge >= 0.3 is 6.18 Å². The third kappa shape index (κ3) is 6.08. The number of piperidine rings is 1. The summed E-state index contributed by atoms with van der Waals surface area (Å²) in [4.78, 5) is 18.9. The molecule has 188 valence electrons. The number of carbonyl (C=O) groups excluding carboxylic acids is 1. The maximum Gasteiger partial charge on any atom is 0.435 e. The van der Waals surface area contributed by atoms with E-state index in [0.717, 1.165) is 22.9 Å². The van der Waals surface area contributed by atoms with E-state index >= 15 is 0 Å². The van der Waals surface area contributed by atoms with E-state index in [9.17, 15) is 26.7 Å².